The van der Waals surface area contributed by atoms with Crippen LogP contribution < -0.4 is 0 Å². The summed E-state index contributed by atoms with van der Waals surface area (Å²) in [5.41, 5.74) is 0.383. The van der Waals surface area contributed by atoms with Gasteiger partial charge in [0.25, 0.3) is 15.5 Å². The van der Waals surface area contributed by atoms with Gasteiger partial charge in [-0.05, 0) is 18.2 Å². The van der Waals surface area contributed by atoms with Gasteiger partial charge in [0.1, 0.15) is 0 Å². The van der Waals surface area contributed by atoms with Gasteiger partial charge in [-0.25, -0.2) is 21.9 Å². The van der Waals surface area contributed by atoms with E-state index in [-0.39, 0.29) is 10.0 Å². The molecule has 0 atom stereocenters. The molecule has 0 bridgehead atoms. The fourth-order valence-electron chi connectivity index (χ4n) is 1.70. The Bertz CT molecular complexity index is 922. The van der Waals surface area contributed by atoms with Crippen molar-refractivity contribution in [1.29, 1.82) is 0 Å². The topological polar surface area (TPSA) is 77.7 Å². The summed E-state index contributed by atoms with van der Waals surface area (Å²) in [7, 11) is 1.39. The van der Waals surface area contributed by atoms with E-state index in [1.165, 1.54) is 29.1 Å². The zero-order chi connectivity index (χ0) is 15.2. The summed E-state index contributed by atoms with van der Waals surface area (Å²) in [6, 6.07) is 4.15. The molecule has 2 aromatic heterocycles. The van der Waals surface area contributed by atoms with Crippen molar-refractivity contribution in [2.24, 2.45) is 0 Å². The second kappa shape index (κ2) is 4.97. The van der Waals surface area contributed by atoms with E-state index in [1.54, 1.807) is 0 Å². The third-order valence-electron chi connectivity index (χ3n) is 2.62. The van der Waals surface area contributed by atoms with E-state index in [0.717, 1.165) is 0 Å². The van der Waals surface area contributed by atoms with E-state index in [9.17, 15) is 17.2 Å². The van der Waals surface area contributed by atoms with Gasteiger partial charge >= 0.3 is 0 Å². The average Bonchev–Trinajstić information content (AvgIpc) is 3.03. The molecule has 0 amide bonds. The molecule has 0 unspecified atom stereocenters. The molecule has 0 N–H and O–H groups in total. The third-order valence-corrected chi connectivity index (χ3v) is 4.88. The monoisotopic (exact) mass is 350 g/mol. The van der Waals surface area contributed by atoms with Crippen LogP contribution in [0.15, 0.2) is 29.3 Å². The zero-order valence-corrected chi connectivity index (χ0v) is 12.3. The minimum absolute atomic E-state index is 0.114. The summed E-state index contributed by atoms with van der Waals surface area (Å²) in [6.45, 7) is 0. The van der Waals surface area contributed by atoms with Gasteiger partial charge in [-0.3, -0.25) is 0 Å². The van der Waals surface area contributed by atoms with Gasteiger partial charge in [-0.1, -0.05) is 11.3 Å². The highest BCUT2D eigenvalue weighted by molar-refractivity contribution is 8.13. The number of aromatic nitrogens is 4. The number of hydrogen-bond acceptors (Lipinski definition) is 6. The Morgan fingerprint density at radius 2 is 2.05 bits per heavy atom. The summed E-state index contributed by atoms with van der Waals surface area (Å²) in [5, 5.41) is 11.3. The SMILES string of the molecule is O=S(=O)(Cl)c1ccc2cnn(-c3nnc(C(F)F)s3)c2c1. The number of halogens is 3. The van der Waals surface area contributed by atoms with Gasteiger partial charge < -0.3 is 0 Å². The minimum atomic E-state index is -3.90. The van der Waals surface area contributed by atoms with E-state index in [0.29, 0.717) is 22.2 Å². The summed E-state index contributed by atoms with van der Waals surface area (Å²) in [6.07, 6.45) is -1.26. The average molecular weight is 351 g/mol. The molecule has 3 aromatic rings. The molecule has 6 nitrogen and oxygen atoms in total. The molecule has 3 rings (SSSR count). The van der Waals surface area contributed by atoms with Crippen LogP contribution in [0.4, 0.5) is 8.78 Å². The number of fused-ring (bicyclic) bond motifs is 1. The third kappa shape index (κ3) is 2.61. The molecule has 0 aliphatic carbocycles. The predicted octanol–water partition coefficient (Wildman–Crippen LogP) is 2.74. The largest absolute Gasteiger partial charge is 0.291 e. The second-order valence-corrected chi connectivity index (χ2v) is 7.49. The van der Waals surface area contributed by atoms with Gasteiger partial charge in [-0.15, -0.1) is 10.2 Å². The van der Waals surface area contributed by atoms with Crippen LogP contribution in [0.3, 0.4) is 0 Å². The van der Waals surface area contributed by atoms with Crippen molar-refractivity contribution in [2.45, 2.75) is 11.3 Å². The van der Waals surface area contributed by atoms with Crippen molar-refractivity contribution in [3.05, 3.63) is 29.4 Å². The molecule has 110 valence electrons. The van der Waals surface area contributed by atoms with E-state index in [1.807, 2.05) is 0 Å². The van der Waals surface area contributed by atoms with Crippen molar-refractivity contribution in [2.75, 3.05) is 0 Å². The first-order valence-electron chi connectivity index (χ1n) is 5.40. The van der Waals surface area contributed by atoms with Gasteiger partial charge in [0, 0.05) is 16.1 Å². The fourth-order valence-corrected chi connectivity index (χ4v) is 3.14. The molecule has 0 aliphatic heterocycles. The molecule has 0 radical (unpaired) electrons. The lowest BCUT2D eigenvalue weighted by molar-refractivity contribution is 0.150. The second-order valence-electron chi connectivity index (χ2n) is 3.94. The van der Waals surface area contributed by atoms with Crippen LogP contribution in [0.25, 0.3) is 16.0 Å². The lowest BCUT2D eigenvalue weighted by Gasteiger charge is -1.99. The zero-order valence-electron chi connectivity index (χ0n) is 9.94. The number of benzene rings is 1. The van der Waals surface area contributed by atoms with E-state index in [2.05, 4.69) is 15.3 Å². The first-order chi connectivity index (χ1) is 9.86. The lowest BCUT2D eigenvalue weighted by Crippen LogP contribution is -1.96. The maximum atomic E-state index is 12.5. The van der Waals surface area contributed by atoms with Gasteiger partial charge in [0.05, 0.1) is 16.6 Å². The first kappa shape index (κ1) is 14.3. The molecule has 2 heterocycles. The van der Waals surface area contributed by atoms with Crippen LogP contribution in [-0.2, 0) is 9.05 Å². The van der Waals surface area contributed by atoms with E-state index < -0.39 is 20.5 Å². The minimum Gasteiger partial charge on any atom is -0.207 e. The highest BCUT2D eigenvalue weighted by atomic mass is 35.7. The van der Waals surface area contributed by atoms with Crippen molar-refractivity contribution >= 4 is 42.0 Å². The Hall–Kier alpha value is -1.65. The molecule has 0 saturated heterocycles. The molecular weight excluding hydrogens is 346 g/mol. The van der Waals surface area contributed by atoms with E-state index in [4.69, 9.17) is 10.7 Å². The van der Waals surface area contributed by atoms with Crippen LogP contribution in [0.2, 0.25) is 0 Å². The Balaban J connectivity index is 2.18. The Kier molecular flexibility index (Phi) is 3.38. The molecular formula is C10H5ClF2N4O2S2. The standard InChI is InChI=1S/C10H5ClF2N4O2S2/c11-21(18,19)6-2-1-5-4-14-17(7(5)3-6)10-16-15-9(20-10)8(12)13/h1-4,8H. The predicted molar refractivity (Wildman–Crippen MR) is 72.5 cm³/mol. The molecule has 0 saturated carbocycles. The summed E-state index contributed by atoms with van der Waals surface area (Å²) < 4.78 is 49.0. The lowest BCUT2D eigenvalue weighted by atomic mass is 10.2. The normalized spacial score (nSPS) is 12.4. The highest BCUT2D eigenvalue weighted by Crippen LogP contribution is 2.28. The van der Waals surface area contributed by atoms with Crippen molar-refractivity contribution in [3.63, 3.8) is 0 Å². The fraction of sp³-hybridized carbons (Fsp3) is 0.100. The van der Waals surface area contributed by atoms with Gasteiger partial charge in [0.2, 0.25) is 5.13 Å². The van der Waals surface area contributed by atoms with Crippen LogP contribution in [0.5, 0.6) is 0 Å². The van der Waals surface area contributed by atoms with Crippen molar-refractivity contribution < 1.29 is 17.2 Å². The van der Waals surface area contributed by atoms with Crippen LogP contribution in [0.1, 0.15) is 11.4 Å². The van der Waals surface area contributed by atoms with E-state index >= 15 is 0 Å². The highest BCUT2D eigenvalue weighted by Gasteiger charge is 2.18. The summed E-state index contributed by atoms with van der Waals surface area (Å²) in [4.78, 5) is -0.114. The van der Waals surface area contributed by atoms with Gasteiger partial charge in [0.15, 0.2) is 5.01 Å². The van der Waals surface area contributed by atoms with Crippen molar-refractivity contribution in [3.8, 4) is 5.13 Å². The van der Waals surface area contributed by atoms with Crippen molar-refractivity contribution in [1.82, 2.24) is 20.0 Å². The van der Waals surface area contributed by atoms with Gasteiger partial charge in [-0.2, -0.15) is 5.10 Å². The quantitative estimate of drug-likeness (QED) is 0.679. The smallest absolute Gasteiger partial charge is 0.207 e. The number of rotatable bonds is 3. The molecule has 0 aliphatic rings. The first-order valence-corrected chi connectivity index (χ1v) is 8.53. The number of hydrogen-bond donors (Lipinski definition) is 0. The Morgan fingerprint density at radius 1 is 1.29 bits per heavy atom. The summed E-state index contributed by atoms with van der Waals surface area (Å²) >= 11 is 0.673. The molecule has 0 fully saturated rings. The van der Waals surface area contributed by atoms with Crippen LogP contribution >= 0.6 is 22.0 Å². The number of nitrogens with zero attached hydrogens (tertiary/aromatic N) is 4. The van der Waals surface area contributed by atoms with Crippen LogP contribution in [0, 0.1) is 0 Å². The molecule has 21 heavy (non-hydrogen) atoms. The number of alkyl halides is 2. The summed E-state index contributed by atoms with van der Waals surface area (Å²) in [5.74, 6) is 0. The Labute approximate surface area is 125 Å². The molecule has 0 spiro atoms. The maximum Gasteiger partial charge on any atom is 0.291 e. The maximum absolute atomic E-state index is 12.5. The van der Waals surface area contributed by atoms with Crippen LogP contribution in [-0.4, -0.2) is 28.4 Å². The molecule has 1 aromatic carbocycles. The Morgan fingerprint density at radius 3 is 2.67 bits per heavy atom. The molecule has 11 heteroatoms.